The Kier molecular flexibility index (Phi) is 6.36. The lowest BCUT2D eigenvalue weighted by Crippen LogP contribution is -2.12. The number of nitrogens with one attached hydrogen (secondary N) is 1. The molecule has 0 saturated carbocycles. The number of anilines is 1. The molecule has 1 amide bonds. The molecule has 0 aliphatic rings. The van der Waals surface area contributed by atoms with Crippen molar-refractivity contribution >= 4 is 45.1 Å². The Labute approximate surface area is 170 Å². The van der Waals surface area contributed by atoms with Crippen molar-refractivity contribution in [3.63, 3.8) is 0 Å². The summed E-state index contributed by atoms with van der Waals surface area (Å²) in [4.78, 5) is 16.5. The van der Waals surface area contributed by atoms with Gasteiger partial charge in [-0.05, 0) is 30.7 Å². The highest BCUT2D eigenvalue weighted by atomic mass is 79.9. The van der Waals surface area contributed by atoms with Gasteiger partial charge in [-0.1, -0.05) is 46.3 Å². The molecule has 0 saturated heterocycles. The van der Waals surface area contributed by atoms with Crippen molar-refractivity contribution < 1.29 is 4.79 Å². The molecular weight excluding hydrogens is 424 g/mol. The van der Waals surface area contributed by atoms with Gasteiger partial charge in [0.2, 0.25) is 10.7 Å². The van der Waals surface area contributed by atoms with Gasteiger partial charge in [-0.15, -0.1) is 11.3 Å². The highest BCUT2D eigenvalue weighted by Crippen LogP contribution is 2.28. The Morgan fingerprint density at radius 2 is 1.96 bits per heavy atom. The smallest absolute Gasteiger partial charge is 0.221 e. The third kappa shape index (κ3) is 4.81. The van der Waals surface area contributed by atoms with E-state index in [-0.39, 0.29) is 5.91 Å². The molecule has 2 aromatic carbocycles. The fraction of sp³-hybridized carbons (Fsp3) is 0.150. The SMILES string of the molecule is CCN=c1scc(-c2ccccc2Br)n1/N=C\c1ccc(NC(C)=O)cc1. The van der Waals surface area contributed by atoms with Crippen LogP contribution in [0.2, 0.25) is 0 Å². The summed E-state index contributed by atoms with van der Waals surface area (Å²) in [5.41, 5.74) is 3.73. The lowest BCUT2D eigenvalue weighted by Gasteiger charge is -2.06. The number of carbonyl (C=O) groups excluding carboxylic acids is 1. The predicted molar refractivity (Wildman–Crippen MR) is 115 cm³/mol. The average Bonchev–Trinajstić information content (AvgIpc) is 3.04. The van der Waals surface area contributed by atoms with Crippen molar-refractivity contribution in [3.8, 4) is 11.3 Å². The van der Waals surface area contributed by atoms with Crippen LogP contribution < -0.4 is 10.1 Å². The fourth-order valence-electron chi connectivity index (χ4n) is 2.49. The molecule has 0 atom stereocenters. The third-order valence-corrected chi connectivity index (χ3v) is 5.23. The van der Waals surface area contributed by atoms with E-state index in [2.05, 4.69) is 42.8 Å². The monoisotopic (exact) mass is 442 g/mol. The maximum Gasteiger partial charge on any atom is 0.221 e. The molecule has 138 valence electrons. The molecule has 0 spiro atoms. The Morgan fingerprint density at radius 1 is 1.22 bits per heavy atom. The highest BCUT2D eigenvalue weighted by Gasteiger charge is 2.10. The van der Waals surface area contributed by atoms with Gasteiger partial charge in [-0.2, -0.15) is 5.10 Å². The second-order valence-electron chi connectivity index (χ2n) is 5.72. The number of thiazole rings is 1. The first-order valence-corrected chi connectivity index (χ1v) is 10.1. The zero-order chi connectivity index (χ0) is 19.2. The van der Waals surface area contributed by atoms with Crippen molar-refractivity contribution in [1.82, 2.24) is 4.68 Å². The molecule has 3 aromatic rings. The maximum atomic E-state index is 11.1. The fourth-order valence-corrected chi connectivity index (χ4v) is 3.87. The largest absolute Gasteiger partial charge is 0.326 e. The maximum absolute atomic E-state index is 11.1. The van der Waals surface area contributed by atoms with Crippen molar-refractivity contribution in [2.24, 2.45) is 10.1 Å². The Morgan fingerprint density at radius 3 is 2.63 bits per heavy atom. The van der Waals surface area contributed by atoms with E-state index < -0.39 is 0 Å². The van der Waals surface area contributed by atoms with E-state index in [4.69, 9.17) is 0 Å². The lowest BCUT2D eigenvalue weighted by atomic mass is 10.2. The van der Waals surface area contributed by atoms with Gasteiger partial charge in [0.05, 0.1) is 11.9 Å². The number of nitrogens with zero attached hydrogens (tertiary/aromatic N) is 3. The number of rotatable bonds is 5. The Hall–Kier alpha value is -2.51. The van der Waals surface area contributed by atoms with Crippen molar-refractivity contribution in [1.29, 1.82) is 0 Å². The number of benzene rings is 2. The quantitative estimate of drug-likeness (QED) is 0.569. The van der Waals surface area contributed by atoms with Crippen LogP contribution in [-0.4, -0.2) is 23.3 Å². The Bertz CT molecular complexity index is 1030. The standard InChI is InChI=1S/C20H19BrN4OS/c1-3-22-20-25(19(13-27-20)17-6-4-5-7-18(17)21)23-12-15-8-10-16(11-9-15)24-14(2)26/h4-13H,3H2,1-2H3,(H,24,26)/b22-20?,23-12-. The minimum atomic E-state index is -0.0888. The van der Waals surface area contributed by atoms with Gasteiger partial charge in [-0.3, -0.25) is 9.79 Å². The summed E-state index contributed by atoms with van der Waals surface area (Å²) < 4.78 is 2.87. The molecule has 0 aliphatic heterocycles. The number of halogens is 1. The minimum absolute atomic E-state index is 0.0888. The first-order chi connectivity index (χ1) is 13.1. The van der Waals surface area contributed by atoms with Crippen LogP contribution >= 0.6 is 27.3 Å². The van der Waals surface area contributed by atoms with Gasteiger partial charge < -0.3 is 5.32 Å². The number of amides is 1. The van der Waals surface area contributed by atoms with Gasteiger partial charge in [-0.25, -0.2) is 4.68 Å². The zero-order valence-corrected chi connectivity index (χ0v) is 17.4. The van der Waals surface area contributed by atoms with Crippen LogP contribution in [0, 0.1) is 0 Å². The normalized spacial score (nSPS) is 11.9. The van der Waals surface area contributed by atoms with E-state index in [9.17, 15) is 4.79 Å². The molecule has 0 bridgehead atoms. The predicted octanol–water partition coefficient (Wildman–Crippen LogP) is 4.74. The molecule has 1 aromatic heterocycles. The summed E-state index contributed by atoms with van der Waals surface area (Å²) in [5, 5.41) is 9.48. The molecule has 1 N–H and O–H groups in total. The average molecular weight is 443 g/mol. The molecular formula is C20H19BrN4OS. The molecule has 0 aliphatic carbocycles. The third-order valence-electron chi connectivity index (χ3n) is 3.68. The van der Waals surface area contributed by atoms with Crippen LogP contribution in [0.4, 0.5) is 5.69 Å². The summed E-state index contributed by atoms with van der Waals surface area (Å²) in [7, 11) is 0. The number of hydrogen-bond donors (Lipinski definition) is 1. The van der Waals surface area contributed by atoms with Crippen LogP contribution in [-0.2, 0) is 4.79 Å². The molecule has 5 nitrogen and oxygen atoms in total. The number of hydrogen-bond acceptors (Lipinski definition) is 4. The Balaban J connectivity index is 1.97. The van der Waals surface area contributed by atoms with Gasteiger partial charge in [0, 0.05) is 34.6 Å². The van der Waals surface area contributed by atoms with Crippen LogP contribution in [0.1, 0.15) is 19.4 Å². The topological polar surface area (TPSA) is 58.8 Å². The second-order valence-corrected chi connectivity index (χ2v) is 7.41. The van der Waals surface area contributed by atoms with Gasteiger partial charge >= 0.3 is 0 Å². The van der Waals surface area contributed by atoms with Gasteiger partial charge in [0.1, 0.15) is 0 Å². The summed E-state index contributed by atoms with van der Waals surface area (Å²) in [5.74, 6) is -0.0888. The molecule has 1 heterocycles. The summed E-state index contributed by atoms with van der Waals surface area (Å²) in [6, 6.07) is 15.6. The molecule has 0 unspecified atom stereocenters. The second kappa shape index (κ2) is 8.92. The molecule has 27 heavy (non-hydrogen) atoms. The van der Waals surface area contributed by atoms with E-state index in [1.54, 1.807) is 17.6 Å². The van der Waals surface area contributed by atoms with Crippen molar-refractivity contribution in [2.45, 2.75) is 13.8 Å². The number of carbonyl (C=O) groups is 1. The lowest BCUT2D eigenvalue weighted by molar-refractivity contribution is -0.114. The summed E-state index contributed by atoms with van der Waals surface area (Å²) in [6.07, 6.45) is 1.79. The minimum Gasteiger partial charge on any atom is -0.326 e. The highest BCUT2D eigenvalue weighted by molar-refractivity contribution is 9.10. The first kappa shape index (κ1) is 19.3. The molecule has 7 heteroatoms. The summed E-state index contributed by atoms with van der Waals surface area (Å²) >= 11 is 5.18. The summed E-state index contributed by atoms with van der Waals surface area (Å²) in [6.45, 7) is 4.19. The van der Waals surface area contributed by atoms with Gasteiger partial charge in [0.25, 0.3) is 0 Å². The zero-order valence-electron chi connectivity index (χ0n) is 15.0. The van der Waals surface area contributed by atoms with Gasteiger partial charge in [0.15, 0.2) is 0 Å². The van der Waals surface area contributed by atoms with E-state index in [1.165, 1.54) is 6.92 Å². The first-order valence-electron chi connectivity index (χ1n) is 8.46. The van der Waals surface area contributed by atoms with Crippen molar-refractivity contribution in [2.75, 3.05) is 11.9 Å². The van der Waals surface area contributed by atoms with E-state index >= 15 is 0 Å². The molecule has 0 radical (unpaired) electrons. The van der Waals surface area contributed by atoms with Crippen LogP contribution in [0.25, 0.3) is 11.3 Å². The van der Waals surface area contributed by atoms with Crippen molar-refractivity contribution in [3.05, 3.63) is 68.7 Å². The van der Waals surface area contributed by atoms with E-state index in [1.807, 2.05) is 54.1 Å². The molecule has 0 fully saturated rings. The van der Waals surface area contributed by atoms with Crippen LogP contribution in [0.15, 0.2) is 68.5 Å². The van der Waals surface area contributed by atoms with Crippen LogP contribution in [0.5, 0.6) is 0 Å². The van der Waals surface area contributed by atoms with Crippen LogP contribution in [0.3, 0.4) is 0 Å². The van der Waals surface area contributed by atoms with E-state index in [0.717, 1.165) is 31.8 Å². The molecule has 3 rings (SSSR count). The number of aromatic nitrogens is 1. The van der Waals surface area contributed by atoms with E-state index in [0.29, 0.717) is 6.54 Å².